The van der Waals surface area contributed by atoms with Gasteiger partial charge in [-0.3, -0.25) is 0 Å². The van der Waals surface area contributed by atoms with E-state index in [0.29, 0.717) is 6.61 Å². The molecule has 2 rings (SSSR count). The van der Waals surface area contributed by atoms with E-state index in [9.17, 15) is 4.79 Å². The number of rotatable bonds is 3. The molecule has 0 aromatic carbocycles. The average molecular weight is 240 g/mol. The molecule has 5 heteroatoms. The fourth-order valence-corrected chi connectivity index (χ4v) is 1.66. The van der Waals surface area contributed by atoms with E-state index in [1.807, 2.05) is 13.8 Å². The summed E-state index contributed by atoms with van der Waals surface area (Å²) < 4.78 is 21.0. The molecule has 1 aromatic rings. The lowest BCUT2D eigenvalue weighted by molar-refractivity contribution is -0.142. The molecule has 0 saturated carbocycles. The highest BCUT2D eigenvalue weighted by molar-refractivity contribution is 5.87. The molecule has 2 heterocycles. The van der Waals surface area contributed by atoms with Gasteiger partial charge in [0, 0.05) is 5.56 Å². The van der Waals surface area contributed by atoms with Crippen LogP contribution >= 0.6 is 0 Å². The molecule has 5 nitrogen and oxygen atoms in total. The quantitative estimate of drug-likeness (QED) is 0.755. The van der Waals surface area contributed by atoms with Crippen molar-refractivity contribution >= 4 is 5.97 Å². The van der Waals surface area contributed by atoms with E-state index in [1.165, 1.54) is 6.26 Å². The average Bonchev–Trinajstić information content (AvgIpc) is 2.81. The maximum atomic E-state index is 11.6. The van der Waals surface area contributed by atoms with E-state index in [0.717, 1.165) is 5.56 Å². The minimum atomic E-state index is -0.600. The van der Waals surface area contributed by atoms with Gasteiger partial charge in [-0.25, -0.2) is 4.79 Å². The molecule has 1 aromatic heterocycles. The third-order valence-corrected chi connectivity index (χ3v) is 2.52. The van der Waals surface area contributed by atoms with Crippen LogP contribution in [0.2, 0.25) is 0 Å². The van der Waals surface area contributed by atoms with Crippen LogP contribution in [0.25, 0.3) is 0 Å². The van der Waals surface area contributed by atoms with E-state index < -0.39 is 11.8 Å². The third kappa shape index (κ3) is 2.87. The number of furan rings is 1. The minimum Gasteiger partial charge on any atom is -0.457 e. The summed E-state index contributed by atoms with van der Waals surface area (Å²) in [4.78, 5) is 11.6. The maximum absolute atomic E-state index is 11.6. The van der Waals surface area contributed by atoms with Crippen molar-refractivity contribution in [3.05, 3.63) is 23.7 Å². The molecule has 1 saturated heterocycles. The van der Waals surface area contributed by atoms with Gasteiger partial charge in [-0.1, -0.05) is 0 Å². The van der Waals surface area contributed by atoms with Gasteiger partial charge in [-0.15, -0.1) is 0 Å². The molecule has 0 radical (unpaired) electrons. The van der Waals surface area contributed by atoms with Gasteiger partial charge in [-0.05, 0) is 26.8 Å². The number of hydrogen-bond donors (Lipinski definition) is 0. The summed E-state index contributed by atoms with van der Waals surface area (Å²) >= 11 is 0. The fourth-order valence-electron chi connectivity index (χ4n) is 1.66. The van der Waals surface area contributed by atoms with Crippen LogP contribution in [0.5, 0.6) is 0 Å². The monoisotopic (exact) mass is 240 g/mol. The Hall–Kier alpha value is -1.33. The number of carbonyl (C=O) groups is 1. The van der Waals surface area contributed by atoms with E-state index in [2.05, 4.69) is 0 Å². The minimum absolute atomic E-state index is 0.169. The van der Waals surface area contributed by atoms with E-state index >= 15 is 0 Å². The lowest BCUT2D eigenvalue weighted by Gasteiger charge is -2.16. The Bertz CT molecular complexity index is 407. The van der Waals surface area contributed by atoms with Gasteiger partial charge in [-0.2, -0.15) is 0 Å². The third-order valence-electron chi connectivity index (χ3n) is 2.52. The van der Waals surface area contributed by atoms with Gasteiger partial charge in [0.2, 0.25) is 5.76 Å². The molecule has 0 amide bonds. The summed E-state index contributed by atoms with van der Waals surface area (Å²) in [6, 6.07) is 1.72. The highest BCUT2D eigenvalue weighted by Crippen LogP contribution is 2.22. The molecule has 17 heavy (non-hydrogen) atoms. The van der Waals surface area contributed by atoms with Gasteiger partial charge < -0.3 is 18.6 Å². The van der Waals surface area contributed by atoms with Crippen LogP contribution in [0, 0.1) is 6.92 Å². The van der Waals surface area contributed by atoms with Gasteiger partial charge in [0.25, 0.3) is 0 Å². The Labute approximate surface area is 99.6 Å². The van der Waals surface area contributed by atoms with Crippen LogP contribution in [0.15, 0.2) is 16.7 Å². The number of carbonyl (C=O) groups excluding carboxylic acids is 1. The zero-order valence-corrected chi connectivity index (χ0v) is 10.2. The summed E-state index contributed by atoms with van der Waals surface area (Å²) in [5, 5.41) is 0. The zero-order chi connectivity index (χ0) is 12.5. The van der Waals surface area contributed by atoms with Gasteiger partial charge in [0.15, 0.2) is 5.79 Å². The molecular weight excluding hydrogens is 224 g/mol. The Morgan fingerprint density at radius 2 is 2.35 bits per heavy atom. The van der Waals surface area contributed by atoms with Gasteiger partial charge in [0.05, 0.1) is 12.9 Å². The Balaban J connectivity index is 1.84. The summed E-state index contributed by atoms with van der Waals surface area (Å²) in [7, 11) is 0. The first-order valence-corrected chi connectivity index (χ1v) is 5.51. The van der Waals surface area contributed by atoms with Crippen molar-refractivity contribution < 1.29 is 23.4 Å². The lowest BCUT2D eigenvalue weighted by atomic mass is 10.3. The second kappa shape index (κ2) is 4.50. The Morgan fingerprint density at radius 3 is 2.88 bits per heavy atom. The molecular formula is C12H16O5. The summed E-state index contributed by atoms with van der Waals surface area (Å²) in [5.41, 5.74) is 0.763. The molecule has 1 fully saturated rings. The molecule has 0 bridgehead atoms. The Kier molecular flexibility index (Phi) is 3.22. The predicted molar refractivity (Wildman–Crippen MR) is 58.6 cm³/mol. The summed E-state index contributed by atoms with van der Waals surface area (Å²) in [5.74, 6) is -0.832. The van der Waals surface area contributed by atoms with Crippen LogP contribution in [-0.2, 0) is 14.2 Å². The topological polar surface area (TPSA) is 57.9 Å². The standard InChI is InChI=1S/C12H16O5/c1-8-4-5-14-10(8)11(13)15-6-9-7-16-12(2,3)17-9/h4-5,9H,6-7H2,1-3H3. The molecule has 0 aliphatic carbocycles. The van der Waals surface area contributed by atoms with Crippen LogP contribution in [0.1, 0.15) is 30.0 Å². The lowest BCUT2D eigenvalue weighted by Crippen LogP contribution is -2.25. The van der Waals surface area contributed by atoms with Crippen LogP contribution in [0.4, 0.5) is 0 Å². The second-order valence-corrected chi connectivity index (χ2v) is 4.48. The first-order chi connectivity index (χ1) is 7.98. The fraction of sp³-hybridized carbons (Fsp3) is 0.583. The molecule has 0 N–H and O–H groups in total. The number of aryl methyl sites for hydroxylation is 1. The molecule has 1 unspecified atom stereocenters. The van der Waals surface area contributed by atoms with Crippen molar-refractivity contribution in [2.75, 3.05) is 13.2 Å². The highest BCUT2D eigenvalue weighted by Gasteiger charge is 2.33. The highest BCUT2D eigenvalue weighted by atomic mass is 16.7. The zero-order valence-electron chi connectivity index (χ0n) is 10.2. The SMILES string of the molecule is Cc1ccoc1C(=O)OCC1COC(C)(C)O1. The summed E-state index contributed by atoms with van der Waals surface area (Å²) in [6.07, 6.45) is 1.24. The smallest absolute Gasteiger partial charge is 0.374 e. The Morgan fingerprint density at radius 1 is 1.59 bits per heavy atom. The first-order valence-electron chi connectivity index (χ1n) is 5.51. The van der Waals surface area contributed by atoms with Crippen LogP contribution in [-0.4, -0.2) is 31.1 Å². The van der Waals surface area contributed by atoms with Gasteiger partial charge in [0.1, 0.15) is 12.7 Å². The molecule has 1 aliphatic rings. The predicted octanol–water partition coefficient (Wildman–Crippen LogP) is 1.90. The normalized spacial score (nSPS) is 22.6. The van der Waals surface area contributed by atoms with Crippen molar-refractivity contribution in [2.45, 2.75) is 32.7 Å². The van der Waals surface area contributed by atoms with E-state index in [1.54, 1.807) is 13.0 Å². The number of ether oxygens (including phenoxy) is 3. The van der Waals surface area contributed by atoms with Crippen molar-refractivity contribution in [1.29, 1.82) is 0 Å². The van der Waals surface area contributed by atoms with Crippen molar-refractivity contribution in [1.82, 2.24) is 0 Å². The van der Waals surface area contributed by atoms with Crippen molar-refractivity contribution in [3.8, 4) is 0 Å². The first kappa shape index (κ1) is 12.1. The second-order valence-electron chi connectivity index (χ2n) is 4.48. The molecule has 0 spiro atoms. The summed E-state index contributed by atoms with van der Waals surface area (Å²) in [6.45, 7) is 6.04. The molecule has 1 aliphatic heterocycles. The van der Waals surface area contributed by atoms with Gasteiger partial charge >= 0.3 is 5.97 Å². The number of hydrogen-bond acceptors (Lipinski definition) is 5. The van der Waals surface area contributed by atoms with E-state index in [4.69, 9.17) is 18.6 Å². The van der Waals surface area contributed by atoms with Crippen LogP contribution in [0.3, 0.4) is 0 Å². The largest absolute Gasteiger partial charge is 0.457 e. The van der Waals surface area contributed by atoms with E-state index in [-0.39, 0.29) is 18.5 Å². The number of esters is 1. The molecule has 1 atom stereocenters. The van der Waals surface area contributed by atoms with Crippen molar-refractivity contribution in [2.24, 2.45) is 0 Å². The van der Waals surface area contributed by atoms with Crippen LogP contribution < -0.4 is 0 Å². The maximum Gasteiger partial charge on any atom is 0.374 e. The molecule has 94 valence electrons. The van der Waals surface area contributed by atoms with Crippen molar-refractivity contribution in [3.63, 3.8) is 0 Å².